The first-order valence-corrected chi connectivity index (χ1v) is 18.0. The quantitative estimate of drug-likeness (QED) is 0.106. The van der Waals surface area contributed by atoms with Crippen molar-refractivity contribution in [3.63, 3.8) is 0 Å². The lowest BCUT2D eigenvalue weighted by atomic mass is 9.93. The van der Waals surface area contributed by atoms with Gasteiger partial charge < -0.3 is 9.97 Å². The number of aryl methyl sites for hydroxylation is 2. The van der Waals surface area contributed by atoms with Gasteiger partial charge >= 0.3 is 0 Å². The van der Waals surface area contributed by atoms with E-state index in [9.17, 15) is 0 Å². The summed E-state index contributed by atoms with van der Waals surface area (Å²) in [6.07, 6.45) is 18.3. The number of benzene rings is 4. The number of fused-ring (bicyclic) bond motifs is 9. The largest absolute Gasteiger partial charge is 0.358 e. The molecule has 232 valence electrons. The summed E-state index contributed by atoms with van der Waals surface area (Å²) >= 11 is 0. The van der Waals surface area contributed by atoms with Crippen LogP contribution in [-0.2, 0) is 12.8 Å². The third-order valence-corrected chi connectivity index (χ3v) is 10.7. The molecular formula is C42H54N2. The molecule has 0 radical (unpaired) electrons. The standard InChI is InChI=1S/C42H54N2/c1-5-9-13-29(7-3)15-11-17-31-27-39-37-21-19-34-33(35(37)23-25-41(39)43-31)20-22-38-36(34)24-26-42-40(38)28-32(44-42)18-12-16-30(8-4)14-10-6-2/h19-30,43-44H,5-18H2,1-4H3. The third-order valence-electron chi connectivity index (χ3n) is 10.7. The molecule has 2 unspecified atom stereocenters. The van der Waals surface area contributed by atoms with Crippen molar-refractivity contribution in [2.75, 3.05) is 0 Å². The second kappa shape index (κ2) is 14.2. The Hall–Kier alpha value is -3.26. The summed E-state index contributed by atoms with van der Waals surface area (Å²) in [5.41, 5.74) is 5.30. The van der Waals surface area contributed by atoms with Gasteiger partial charge in [-0.2, -0.15) is 0 Å². The summed E-state index contributed by atoms with van der Waals surface area (Å²) in [5, 5.41) is 10.9. The van der Waals surface area contributed by atoms with Gasteiger partial charge in [0.15, 0.2) is 0 Å². The van der Waals surface area contributed by atoms with Crippen LogP contribution in [-0.4, -0.2) is 9.97 Å². The second-order valence-electron chi connectivity index (χ2n) is 13.7. The van der Waals surface area contributed by atoms with E-state index in [1.807, 2.05) is 0 Å². The number of aromatic nitrogens is 2. The van der Waals surface area contributed by atoms with Crippen LogP contribution in [0, 0.1) is 11.8 Å². The molecule has 2 nitrogen and oxygen atoms in total. The zero-order valence-electron chi connectivity index (χ0n) is 27.8. The third kappa shape index (κ3) is 6.42. The number of unbranched alkanes of at least 4 members (excludes halogenated alkanes) is 2. The molecule has 0 spiro atoms. The molecule has 0 aliphatic heterocycles. The summed E-state index contributed by atoms with van der Waals surface area (Å²) < 4.78 is 0. The van der Waals surface area contributed by atoms with Crippen LogP contribution in [0.2, 0.25) is 0 Å². The Morgan fingerprint density at radius 2 is 0.773 bits per heavy atom. The highest BCUT2D eigenvalue weighted by atomic mass is 14.7. The number of rotatable bonds is 16. The van der Waals surface area contributed by atoms with Crippen molar-refractivity contribution >= 4 is 54.1 Å². The average Bonchev–Trinajstić information content (AvgIpc) is 3.67. The van der Waals surface area contributed by atoms with E-state index in [1.54, 1.807) is 0 Å². The van der Waals surface area contributed by atoms with E-state index in [1.165, 1.54) is 143 Å². The van der Waals surface area contributed by atoms with Crippen LogP contribution in [0.15, 0.2) is 60.7 Å². The molecule has 0 bridgehead atoms. The van der Waals surface area contributed by atoms with Gasteiger partial charge in [0, 0.05) is 33.2 Å². The Balaban J connectivity index is 1.24. The Kier molecular flexibility index (Phi) is 9.95. The Bertz CT molecular complexity index is 1700. The highest BCUT2D eigenvalue weighted by Crippen LogP contribution is 2.37. The van der Waals surface area contributed by atoms with Gasteiger partial charge in [0.05, 0.1) is 0 Å². The number of aromatic amines is 2. The maximum Gasteiger partial charge on any atom is 0.0462 e. The molecule has 0 saturated carbocycles. The highest BCUT2D eigenvalue weighted by molar-refractivity contribution is 6.24. The zero-order chi connectivity index (χ0) is 30.5. The van der Waals surface area contributed by atoms with Gasteiger partial charge in [-0.15, -0.1) is 0 Å². The molecular weight excluding hydrogens is 532 g/mol. The summed E-state index contributed by atoms with van der Waals surface area (Å²) in [6, 6.07) is 23.6. The molecule has 44 heavy (non-hydrogen) atoms. The van der Waals surface area contributed by atoms with Gasteiger partial charge in [0.25, 0.3) is 0 Å². The lowest BCUT2D eigenvalue weighted by Crippen LogP contribution is -2.00. The van der Waals surface area contributed by atoms with Crippen LogP contribution in [0.25, 0.3) is 54.1 Å². The summed E-state index contributed by atoms with van der Waals surface area (Å²) in [6.45, 7) is 9.34. The van der Waals surface area contributed by atoms with Gasteiger partial charge in [-0.25, -0.2) is 0 Å². The minimum atomic E-state index is 0.884. The van der Waals surface area contributed by atoms with Crippen LogP contribution >= 0.6 is 0 Å². The first-order valence-electron chi connectivity index (χ1n) is 18.0. The fourth-order valence-corrected chi connectivity index (χ4v) is 7.90. The molecule has 0 fully saturated rings. The molecule has 0 amide bonds. The fourth-order valence-electron chi connectivity index (χ4n) is 7.90. The van der Waals surface area contributed by atoms with E-state index < -0.39 is 0 Å². The van der Waals surface area contributed by atoms with Crippen molar-refractivity contribution in [3.05, 3.63) is 72.1 Å². The van der Waals surface area contributed by atoms with E-state index in [0.717, 1.165) is 24.7 Å². The van der Waals surface area contributed by atoms with Crippen molar-refractivity contribution in [2.24, 2.45) is 11.8 Å². The predicted octanol–water partition coefficient (Wildman–Crippen LogP) is 13.2. The Morgan fingerprint density at radius 1 is 0.432 bits per heavy atom. The van der Waals surface area contributed by atoms with Crippen molar-refractivity contribution in [1.29, 1.82) is 0 Å². The van der Waals surface area contributed by atoms with Crippen LogP contribution in [0.5, 0.6) is 0 Å². The number of hydrogen-bond acceptors (Lipinski definition) is 0. The Labute approximate surface area is 265 Å². The number of H-pyrrole nitrogens is 2. The molecule has 0 aliphatic rings. The molecule has 0 saturated heterocycles. The summed E-state index contributed by atoms with van der Waals surface area (Å²) in [4.78, 5) is 7.50. The van der Waals surface area contributed by atoms with Crippen LogP contribution in [0.3, 0.4) is 0 Å². The maximum atomic E-state index is 3.75. The van der Waals surface area contributed by atoms with Crippen molar-refractivity contribution < 1.29 is 0 Å². The van der Waals surface area contributed by atoms with Crippen LogP contribution in [0.1, 0.15) is 116 Å². The number of hydrogen-bond donors (Lipinski definition) is 2. The molecule has 0 aliphatic carbocycles. The maximum absolute atomic E-state index is 3.75. The SMILES string of the molecule is CCCCC(CC)CCCc1cc2c(ccc3c2ccc2c4ccc5[nH]c(CCCC(CC)CCCC)cc5c4ccc32)[nH]1. The minimum Gasteiger partial charge on any atom is -0.358 e. The van der Waals surface area contributed by atoms with Gasteiger partial charge in [0.2, 0.25) is 0 Å². The van der Waals surface area contributed by atoms with Crippen molar-refractivity contribution in [1.82, 2.24) is 9.97 Å². The first-order chi connectivity index (χ1) is 21.6. The smallest absolute Gasteiger partial charge is 0.0462 e. The predicted molar refractivity (Wildman–Crippen MR) is 195 cm³/mol. The number of nitrogens with one attached hydrogen (secondary N) is 2. The summed E-state index contributed by atoms with van der Waals surface area (Å²) in [7, 11) is 0. The van der Waals surface area contributed by atoms with Gasteiger partial charge in [0.1, 0.15) is 0 Å². The molecule has 2 atom stereocenters. The first kappa shape index (κ1) is 30.8. The summed E-state index contributed by atoms with van der Waals surface area (Å²) in [5.74, 6) is 1.77. The molecule has 2 heterocycles. The van der Waals surface area contributed by atoms with E-state index in [4.69, 9.17) is 0 Å². The van der Waals surface area contributed by atoms with E-state index in [0.29, 0.717) is 0 Å². The van der Waals surface area contributed by atoms with E-state index in [-0.39, 0.29) is 0 Å². The second-order valence-corrected chi connectivity index (χ2v) is 13.7. The molecule has 4 aromatic carbocycles. The average molecular weight is 587 g/mol. The van der Waals surface area contributed by atoms with Gasteiger partial charge in [-0.05, 0) is 94.1 Å². The lowest BCUT2D eigenvalue weighted by Gasteiger charge is -2.13. The zero-order valence-corrected chi connectivity index (χ0v) is 27.8. The fraction of sp³-hybridized carbons (Fsp3) is 0.476. The van der Waals surface area contributed by atoms with Crippen LogP contribution in [0.4, 0.5) is 0 Å². The minimum absolute atomic E-state index is 0.884. The topological polar surface area (TPSA) is 31.6 Å². The lowest BCUT2D eigenvalue weighted by molar-refractivity contribution is 0.409. The van der Waals surface area contributed by atoms with Crippen molar-refractivity contribution in [2.45, 2.75) is 118 Å². The van der Waals surface area contributed by atoms with Crippen LogP contribution < -0.4 is 0 Å². The molecule has 6 rings (SSSR count). The van der Waals surface area contributed by atoms with Gasteiger partial charge in [-0.3, -0.25) is 0 Å². The van der Waals surface area contributed by atoms with Crippen molar-refractivity contribution in [3.8, 4) is 0 Å². The highest BCUT2D eigenvalue weighted by Gasteiger charge is 2.13. The van der Waals surface area contributed by atoms with E-state index >= 15 is 0 Å². The monoisotopic (exact) mass is 586 g/mol. The normalized spacial score (nSPS) is 13.6. The molecule has 6 aromatic rings. The van der Waals surface area contributed by atoms with E-state index in [2.05, 4.69) is 98.3 Å². The van der Waals surface area contributed by atoms with Gasteiger partial charge in [-0.1, -0.05) is 128 Å². The Morgan fingerprint density at radius 3 is 1.14 bits per heavy atom. The molecule has 2 aromatic heterocycles. The molecule has 2 heteroatoms. The molecule has 2 N–H and O–H groups in total.